The molecule has 3 aromatic rings. The molecule has 0 unspecified atom stereocenters. The number of ether oxygens (including phenoxy) is 1. The molecule has 0 aliphatic rings. The largest absolute Gasteiger partial charge is 0.495 e. The van der Waals surface area contributed by atoms with Crippen molar-refractivity contribution in [2.45, 2.75) is 11.1 Å². The van der Waals surface area contributed by atoms with E-state index in [-0.39, 0.29) is 22.7 Å². The standard InChI is InChI=1S/C21H17F3N4O5S/c1-33-19-9-5-4-8-17(19)27-34(31,32)20-12-15(28(29)30)10-11-18(20)26-25-13-14-6-2-3-7-16(14)21(22,23)24/h2-13,26-27H,1H3/b25-13+. The van der Waals surface area contributed by atoms with Crippen LogP contribution in [0.5, 0.6) is 5.75 Å². The van der Waals surface area contributed by atoms with Crippen molar-refractivity contribution in [3.05, 3.63) is 88.0 Å². The van der Waals surface area contributed by atoms with E-state index in [0.717, 1.165) is 30.5 Å². The Morgan fingerprint density at radius 2 is 1.71 bits per heavy atom. The SMILES string of the molecule is COc1ccccc1NS(=O)(=O)c1cc([N+](=O)[O-])ccc1N/N=C/c1ccccc1C(F)(F)F. The summed E-state index contributed by atoms with van der Waals surface area (Å²) in [5.41, 5.74) is 0.515. The summed E-state index contributed by atoms with van der Waals surface area (Å²) < 4.78 is 73.0. The normalized spacial score (nSPS) is 11.9. The first-order valence-electron chi connectivity index (χ1n) is 9.42. The second-order valence-electron chi connectivity index (χ2n) is 6.70. The maximum absolute atomic E-state index is 13.2. The van der Waals surface area contributed by atoms with Gasteiger partial charge in [0.05, 0.1) is 35.2 Å². The molecule has 9 nitrogen and oxygen atoms in total. The molecule has 3 aromatic carbocycles. The predicted molar refractivity (Wildman–Crippen MR) is 120 cm³/mol. The van der Waals surface area contributed by atoms with Gasteiger partial charge in [0.15, 0.2) is 0 Å². The Morgan fingerprint density at radius 3 is 2.38 bits per heavy atom. The lowest BCUT2D eigenvalue weighted by atomic mass is 10.1. The van der Waals surface area contributed by atoms with Crippen LogP contribution in [0.2, 0.25) is 0 Å². The molecule has 13 heteroatoms. The lowest BCUT2D eigenvalue weighted by molar-refractivity contribution is -0.385. The molecule has 0 bridgehead atoms. The Labute approximate surface area is 192 Å². The number of rotatable bonds is 8. The van der Waals surface area contributed by atoms with Gasteiger partial charge in [-0.15, -0.1) is 0 Å². The number of halogens is 3. The van der Waals surface area contributed by atoms with Crippen LogP contribution in [0.15, 0.2) is 76.7 Å². The Balaban J connectivity index is 1.98. The Bertz CT molecular complexity index is 1340. The van der Waals surface area contributed by atoms with Gasteiger partial charge >= 0.3 is 6.18 Å². The summed E-state index contributed by atoms with van der Waals surface area (Å²) >= 11 is 0. The molecule has 0 saturated carbocycles. The highest BCUT2D eigenvalue weighted by Crippen LogP contribution is 2.32. The number of hydrazone groups is 1. The van der Waals surface area contributed by atoms with Crippen LogP contribution >= 0.6 is 0 Å². The van der Waals surface area contributed by atoms with Gasteiger partial charge in [0.1, 0.15) is 10.6 Å². The van der Waals surface area contributed by atoms with Gasteiger partial charge in [-0.25, -0.2) is 8.42 Å². The van der Waals surface area contributed by atoms with E-state index in [1.165, 1.54) is 37.4 Å². The second kappa shape index (κ2) is 9.79. The topological polar surface area (TPSA) is 123 Å². The van der Waals surface area contributed by atoms with Crippen molar-refractivity contribution in [3.8, 4) is 5.75 Å². The first kappa shape index (κ1) is 24.5. The second-order valence-corrected chi connectivity index (χ2v) is 8.35. The molecule has 0 amide bonds. The Kier molecular flexibility index (Phi) is 7.05. The summed E-state index contributed by atoms with van der Waals surface area (Å²) in [5, 5.41) is 14.9. The summed E-state index contributed by atoms with van der Waals surface area (Å²) in [4.78, 5) is 9.86. The third-order valence-corrected chi connectivity index (χ3v) is 5.88. The molecule has 0 atom stereocenters. The zero-order chi connectivity index (χ0) is 24.9. The maximum atomic E-state index is 13.2. The molecule has 0 fully saturated rings. The number of alkyl halides is 3. The molecule has 0 radical (unpaired) electrons. The number of nitro benzene ring substituents is 1. The van der Waals surface area contributed by atoms with Crippen LogP contribution in [0.1, 0.15) is 11.1 Å². The average Bonchev–Trinajstić information content (AvgIpc) is 2.79. The number of para-hydroxylation sites is 2. The molecule has 0 aliphatic heterocycles. The number of non-ortho nitro benzene ring substituents is 1. The Morgan fingerprint density at radius 1 is 1.03 bits per heavy atom. The van der Waals surface area contributed by atoms with E-state index in [0.29, 0.717) is 0 Å². The van der Waals surface area contributed by atoms with Gasteiger partial charge in [0.25, 0.3) is 15.7 Å². The molecule has 3 rings (SSSR count). The highest BCUT2D eigenvalue weighted by Gasteiger charge is 2.32. The monoisotopic (exact) mass is 494 g/mol. The minimum Gasteiger partial charge on any atom is -0.495 e. The van der Waals surface area contributed by atoms with Crippen LogP contribution in [-0.4, -0.2) is 26.7 Å². The van der Waals surface area contributed by atoms with Crippen molar-refractivity contribution in [1.82, 2.24) is 0 Å². The van der Waals surface area contributed by atoms with E-state index in [1.807, 2.05) is 0 Å². The molecular weight excluding hydrogens is 477 g/mol. The fourth-order valence-electron chi connectivity index (χ4n) is 2.91. The van der Waals surface area contributed by atoms with Crippen molar-refractivity contribution in [2.75, 3.05) is 17.3 Å². The summed E-state index contributed by atoms with van der Waals surface area (Å²) in [6, 6.07) is 13.7. The van der Waals surface area contributed by atoms with Crippen LogP contribution in [0, 0.1) is 10.1 Å². The van der Waals surface area contributed by atoms with Crippen LogP contribution in [0.3, 0.4) is 0 Å². The predicted octanol–water partition coefficient (Wildman–Crippen LogP) is 4.87. The molecule has 34 heavy (non-hydrogen) atoms. The van der Waals surface area contributed by atoms with E-state index in [2.05, 4.69) is 15.2 Å². The number of nitrogens with one attached hydrogen (secondary N) is 2. The van der Waals surface area contributed by atoms with Gasteiger partial charge < -0.3 is 4.74 Å². The number of hydrogen-bond donors (Lipinski definition) is 2. The summed E-state index contributed by atoms with van der Waals surface area (Å²) in [5.74, 6) is 0.202. The lowest BCUT2D eigenvalue weighted by Gasteiger charge is -2.14. The van der Waals surface area contributed by atoms with Crippen LogP contribution in [-0.2, 0) is 16.2 Å². The average molecular weight is 494 g/mol. The maximum Gasteiger partial charge on any atom is 0.417 e. The molecule has 0 spiro atoms. The summed E-state index contributed by atoms with van der Waals surface area (Å²) in [7, 11) is -3.08. The molecule has 0 saturated heterocycles. The van der Waals surface area contributed by atoms with E-state index < -0.39 is 37.3 Å². The van der Waals surface area contributed by atoms with Gasteiger partial charge in [0.2, 0.25) is 0 Å². The third kappa shape index (κ3) is 5.61. The number of methoxy groups -OCH3 is 1. The molecular formula is C21H17F3N4O5S. The van der Waals surface area contributed by atoms with Crippen LogP contribution < -0.4 is 14.9 Å². The van der Waals surface area contributed by atoms with Crippen molar-refractivity contribution in [2.24, 2.45) is 5.10 Å². The van der Waals surface area contributed by atoms with Gasteiger partial charge in [-0.3, -0.25) is 20.3 Å². The number of nitrogens with zero attached hydrogens (tertiary/aromatic N) is 2. The quantitative estimate of drug-likeness (QED) is 0.262. The van der Waals surface area contributed by atoms with Gasteiger partial charge in [-0.05, 0) is 24.3 Å². The van der Waals surface area contributed by atoms with E-state index in [1.54, 1.807) is 12.1 Å². The fourth-order valence-corrected chi connectivity index (χ4v) is 4.15. The molecule has 178 valence electrons. The van der Waals surface area contributed by atoms with Crippen molar-refractivity contribution < 1.29 is 31.2 Å². The minimum absolute atomic E-state index is 0.0741. The summed E-state index contributed by atoms with van der Waals surface area (Å²) in [6.45, 7) is 0. The first-order valence-corrected chi connectivity index (χ1v) is 10.9. The fraction of sp³-hybridized carbons (Fsp3) is 0.0952. The van der Waals surface area contributed by atoms with Gasteiger partial charge in [0, 0.05) is 17.7 Å². The number of nitro groups is 1. The highest BCUT2D eigenvalue weighted by molar-refractivity contribution is 7.93. The number of anilines is 2. The molecule has 0 aliphatic carbocycles. The molecule has 0 heterocycles. The highest BCUT2D eigenvalue weighted by atomic mass is 32.2. The molecule has 0 aromatic heterocycles. The van der Waals surface area contributed by atoms with Crippen molar-refractivity contribution in [1.29, 1.82) is 0 Å². The van der Waals surface area contributed by atoms with Crippen molar-refractivity contribution in [3.63, 3.8) is 0 Å². The van der Waals surface area contributed by atoms with Crippen LogP contribution in [0.4, 0.5) is 30.2 Å². The number of sulfonamides is 1. The lowest BCUT2D eigenvalue weighted by Crippen LogP contribution is -2.15. The van der Waals surface area contributed by atoms with Crippen LogP contribution in [0.25, 0.3) is 0 Å². The third-order valence-electron chi connectivity index (χ3n) is 4.47. The minimum atomic E-state index is -4.62. The van der Waals surface area contributed by atoms with Gasteiger partial charge in [-0.2, -0.15) is 18.3 Å². The smallest absolute Gasteiger partial charge is 0.417 e. The van der Waals surface area contributed by atoms with E-state index in [9.17, 15) is 31.7 Å². The Hall–Kier alpha value is -4.13. The zero-order valence-electron chi connectivity index (χ0n) is 17.4. The molecule has 2 N–H and O–H groups in total. The van der Waals surface area contributed by atoms with E-state index in [4.69, 9.17) is 4.74 Å². The van der Waals surface area contributed by atoms with E-state index >= 15 is 0 Å². The summed E-state index contributed by atoms with van der Waals surface area (Å²) in [6.07, 6.45) is -3.75. The van der Waals surface area contributed by atoms with Gasteiger partial charge in [-0.1, -0.05) is 30.3 Å². The zero-order valence-corrected chi connectivity index (χ0v) is 18.2. The number of hydrogen-bond acceptors (Lipinski definition) is 7. The number of benzene rings is 3. The first-order chi connectivity index (χ1) is 16.0. The van der Waals surface area contributed by atoms with Crippen molar-refractivity contribution >= 4 is 33.3 Å².